The molecule has 0 heterocycles. The molecule has 0 radical (unpaired) electrons. The number of hydrogen-bond donors (Lipinski definition) is 2. The van der Waals surface area contributed by atoms with Crippen molar-refractivity contribution >= 4 is 34.8 Å². The number of nitrogens with one attached hydrogen (secondary N) is 1. The van der Waals surface area contributed by atoms with E-state index in [1.165, 1.54) is 23.8 Å². The number of halogens is 2. The van der Waals surface area contributed by atoms with E-state index in [9.17, 15) is 9.90 Å². The average molecular weight is 430 g/mol. The first-order chi connectivity index (χ1) is 14.0. The van der Waals surface area contributed by atoms with Gasteiger partial charge >= 0.3 is 0 Å². The van der Waals surface area contributed by atoms with Crippen LogP contribution in [0.5, 0.6) is 11.5 Å². The highest BCUT2D eigenvalue weighted by atomic mass is 35.5. The molecular formula is C23H21Cl2NO3. The molecule has 0 aliphatic rings. The molecule has 0 aromatic heterocycles. The Labute approximate surface area is 180 Å². The molecule has 0 bridgehead atoms. The fourth-order valence-corrected chi connectivity index (χ4v) is 3.32. The first kappa shape index (κ1) is 21.0. The maximum Gasteiger partial charge on any atom is 0.259 e. The standard InChI is InChI=1S/C23H21Cl2NO3/c1-2-15(16-6-4-3-5-7-16)14-29-22-11-9-18(25)13-20(22)26-23(28)19-12-17(24)8-10-21(19)27/h3-13,15,27H,2,14H2,1H3,(H,26,28)/t15-/m0/s1. The van der Waals surface area contributed by atoms with Crippen LogP contribution in [-0.2, 0) is 0 Å². The van der Waals surface area contributed by atoms with Crippen molar-refractivity contribution in [3.63, 3.8) is 0 Å². The van der Waals surface area contributed by atoms with Crippen molar-refractivity contribution in [1.82, 2.24) is 0 Å². The van der Waals surface area contributed by atoms with Crippen LogP contribution in [0.3, 0.4) is 0 Å². The van der Waals surface area contributed by atoms with Crippen LogP contribution in [0, 0.1) is 0 Å². The Morgan fingerprint density at radius 3 is 2.45 bits per heavy atom. The van der Waals surface area contributed by atoms with Gasteiger partial charge in [0.05, 0.1) is 17.9 Å². The molecule has 0 saturated carbocycles. The zero-order valence-electron chi connectivity index (χ0n) is 15.9. The fourth-order valence-electron chi connectivity index (χ4n) is 2.97. The van der Waals surface area contributed by atoms with Crippen molar-refractivity contribution in [1.29, 1.82) is 0 Å². The number of phenolic OH excluding ortho intramolecular Hbond substituents is 1. The van der Waals surface area contributed by atoms with Crippen LogP contribution >= 0.6 is 23.2 Å². The normalized spacial score (nSPS) is 11.7. The zero-order valence-corrected chi connectivity index (χ0v) is 17.4. The molecule has 0 saturated heterocycles. The van der Waals surface area contributed by atoms with E-state index in [1.54, 1.807) is 18.2 Å². The van der Waals surface area contributed by atoms with Crippen molar-refractivity contribution in [3.05, 3.63) is 87.9 Å². The molecule has 0 spiro atoms. The largest absolute Gasteiger partial charge is 0.507 e. The van der Waals surface area contributed by atoms with Crippen molar-refractivity contribution in [2.75, 3.05) is 11.9 Å². The number of anilines is 1. The smallest absolute Gasteiger partial charge is 0.259 e. The Hall–Kier alpha value is -2.69. The third-order valence-corrected chi connectivity index (χ3v) is 5.07. The lowest BCUT2D eigenvalue weighted by Crippen LogP contribution is -2.15. The summed E-state index contributed by atoms with van der Waals surface area (Å²) in [7, 11) is 0. The fraction of sp³-hybridized carbons (Fsp3) is 0.174. The van der Waals surface area contributed by atoms with Gasteiger partial charge in [-0.05, 0) is 48.4 Å². The molecule has 3 rings (SSSR count). The third kappa shape index (κ3) is 5.43. The SMILES string of the molecule is CC[C@@H](COc1ccc(Cl)cc1NC(=O)c1cc(Cl)ccc1O)c1ccccc1. The molecule has 1 amide bonds. The van der Waals surface area contributed by atoms with E-state index in [1.807, 2.05) is 18.2 Å². The van der Waals surface area contributed by atoms with Gasteiger partial charge in [0, 0.05) is 16.0 Å². The van der Waals surface area contributed by atoms with Crippen LogP contribution in [0.15, 0.2) is 66.7 Å². The Bertz CT molecular complexity index is 993. The monoisotopic (exact) mass is 429 g/mol. The summed E-state index contributed by atoms with van der Waals surface area (Å²) in [5.74, 6) is 0.0461. The maximum atomic E-state index is 12.6. The Kier molecular flexibility index (Phi) is 7.02. The topological polar surface area (TPSA) is 58.6 Å². The Morgan fingerprint density at radius 2 is 1.72 bits per heavy atom. The number of carbonyl (C=O) groups is 1. The molecule has 2 N–H and O–H groups in total. The van der Waals surface area contributed by atoms with Gasteiger partial charge in [0.1, 0.15) is 11.5 Å². The van der Waals surface area contributed by atoms with Gasteiger partial charge in [0.2, 0.25) is 0 Å². The van der Waals surface area contributed by atoms with Crippen molar-refractivity contribution in [2.24, 2.45) is 0 Å². The average Bonchev–Trinajstić information content (AvgIpc) is 2.72. The number of ether oxygens (including phenoxy) is 1. The molecule has 150 valence electrons. The van der Waals surface area contributed by atoms with Crippen LogP contribution in [0.25, 0.3) is 0 Å². The lowest BCUT2D eigenvalue weighted by molar-refractivity contribution is 0.102. The molecule has 0 aliphatic carbocycles. The van der Waals surface area contributed by atoms with Crippen molar-refractivity contribution in [3.8, 4) is 11.5 Å². The van der Waals surface area contributed by atoms with Crippen LogP contribution in [-0.4, -0.2) is 17.6 Å². The lowest BCUT2D eigenvalue weighted by Gasteiger charge is -2.19. The van der Waals surface area contributed by atoms with Crippen LogP contribution in [0.1, 0.15) is 35.2 Å². The summed E-state index contributed by atoms with van der Waals surface area (Å²) in [6, 6.07) is 19.4. The Balaban J connectivity index is 1.79. The first-order valence-corrected chi connectivity index (χ1v) is 10.0. The molecule has 3 aromatic rings. The van der Waals surface area contributed by atoms with Crippen molar-refractivity contribution in [2.45, 2.75) is 19.3 Å². The highest BCUT2D eigenvalue weighted by Gasteiger charge is 2.16. The van der Waals surface area contributed by atoms with E-state index in [2.05, 4.69) is 24.4 Å². The number of carbonyl (C=O) groups excluding carboxylic acids is 1. The minimum atomic E-state index is -0.507. The van der Waals surface area contributed by atoms with E-state index in [0.29, 0.717) is 28.1 Å². The second-order valence-corrected chi connectivity index (χ2v) is 7.46. The summed E-state index contributed by atoms with van der Waals surface area (Å²) in [4.78, 5) is 12.6. The first-order valence-electron chi connectivity index (χ1n) is 9.25. The molecule has 0 fully saturated rings. The number of amides is 1. The number of hydrogen-bond acceptors (Lipinski definition) is 3. The minimum absolute atomic E-state index is 0.0687. The molecule has 6 heteroatoms. The quantitative estimate of drug-likeness (QED) is 0.448. The molecule has 0 unspecified atom stereocenters. The summed E-state index contributed by atoms with van der Waals surface area (Å²) in [5.41, 5.74) is 1.68. The molecule has 1 atom stereocenters. The summed E-state index contributed by atoms with van der Waals surface area (Å²) >= 11 is 12.1. The van der Waals surface area contributed by atoms with Gasteiger partial charge in [-0.25, -0.2) is 0 Å². The second kappa shape index (κ2) is 9.68. The van der Waals surface area contributed by atoms with Gasteiger partial charge in [-0.3, -0.25) is 4.79 Å². The molecular weight excluding hydrogens is 409 g/mol. The van der Waals surface area contributed by atoms with Gasteiger partial charge in [0.15, 0.2) is 0 Å². The number of phenols is 1. The Morgan fingerprint density at radius 1 is 1.03 bits per heavy atom. The van der Waals surface area contributed by atoms with Crippen LogP contribution in [0.2, 0.25) is 10.0 Å². The predicted molar refractivity (Wildman–Crippen MR) is 117 cm³/mol. The number of rotatable bonds is 7. The van der Waals surface area contributed by atoms with Gasteiger partial charge < -0.3 is 15.2 Å². The van der Waals surface area contributed by atoms with Gasteiger partial charge in [0.25, 0.3) is 5.91 Å². The summed E-state index contributed by atoms with van der Waals surface area (Å²) in [6.45, 7) is 2.56. The molecule has 29 heavy (non-hydrogen) atoms. The highest BCUT2D eigenvalue weighted by molar-refractivity contribution is 6.31. The minimum Gasteiger partial charge on any atom is -0.507 e. The second-order valence-electron chi connectivity index (χ2n) is 6.58. The molecule has 4 nitrogen and oxygen atoms in total. The summed E-state index contributed by atoms with van der Waals surface area (Å²) < 4.78 is 6.03. The lowest BCUT2D eigenvalue weighted by atomic mass is 9.97. The van der Waals surface area contributed by atoms with Crippen LogP contribution in [0.4, 0.5) is 5.69 Å². The van der Waals surface area contributed by atoms with Crippen molar-refractivity contribution < 1.29 is 14.6 Å². The van der Waals surface area contributed by atoms with E-state index in [-0.39, 0.29) is 17.2 Å². The summed E-state index contributed by atoms with van der Waals surface area (Å²) in [5, 5.41) is 13.5. The maximum absolute atomic E-state index is 12.6. The molecule has 3 aromatic carbocycles. The van der Waals surface area contributed by atoms with E-state index >= 15 is 0 Å². The summed E-state index contributed by atoms with van der Waals surface area (Å²) in [6.07, 6.45) is 0.912. The highest BCUT2D eigenvalue weighted by Crippen LogP contribution is 2.31. The van der Waals surface area contributed by atoms with Gasteiger partial charge in [-0.2, -0.15) is 0 Å². The van der Waals surface area contributed by atoms with E-state index in [0.717, 1.165) is 6.42 Å². The van der Waals surface area contributed by atoms with E-state index < -0.39 is 5.91 Å². The number of aromatic hydroxyl groups is 1. The van der Waals surface area contributed by atoms with Gasteiger partial charge in [-0.1, -0.05) is 60.5 Å². The third-order valence-electron chi connectivity index (χ3n) is 4.60. The zero-order chi connectivity index (χ0) is 20.8. The predicted octanol–water partition coefficient (Wildman–Crippen LogP) is 6.52. The van der Waals surface area contributed by atoms with Gasteiger partial charge in [-0.15, -0.1) is 0 Å². The van der Waals surface area contributed by atoms with Crippen LogP contribution < -0.4 is 10.1 Å². The molecule has 0 aliphatic heterocycles. The number of benzene rings is 3. The van der Waals surface area contributed by atoms with E-state index in [4.69, 9.17) is 27.9 Å².